The van der Waals surface area contributed by atoms with Crippen LogP contribution in [0.15, 0.2) is 115 Å². The molecule has 0 aliphatic heterocycles. The second-order valence-electron chi connectivity index (χ2n) is 4.64. The number of hydrogen-bond acceptors (Lipinski definition) is 0. The summed E-state index contributed by atoms with van der Waals surface area (Å²) in [5, 5.41) is 0. The van der Waals surface area contributed by atoms with Crippen molar-refractivity contribution in [3.63, 3.8) is 0 Å². The summed E-state index contributed by atoms with van der Waals surface area (Å²) in [5.74, 6) is 0. The molecule has 0 N–H and O–H groups in total. The van der Waals surface area contributed by atoms with Crippen LogP contribution in [0.2, 0.25) is 0 Å². The molecule has 0 nitrogen and oxygen atoms in total. The van der Waals surface area contributed by atoms with E-state index in [4.69, 9.17) is 0 Å². The molecule has 0 aromatic heterocycles. The van der Waals surface area contributed by atoms with Gasteiger partial charge in [0.25, 0.3) is 0 Å². The molecule has 24 heavy (non-hydrogen) atoms. The summed E-state index contributed by atoms with van der Waals surface area (Å²) >= 11 is -3.51. The van der Waals surface area contributed by atoms with Crippen molar-refractivity contribution in [3.8, 4) is 0 Å². The first kappa shape index (κ1) is 20.8. The van der Waals surface area contributed by atoms with E-state index in [-0.39, 0.29) is 0 Å². The van der Waals surface area contributed by atoms with Crippen molar-refractivity contribution in [1.82, 2.24) is 0 Å². The van der Waals surface area contributed by atoms with Crippen molar-refractivity contribution in [2.75, 3.05) is 0 Å². The van der Waals surface area contributed by atoms with Gasteiger partial charge in [0, 0.05) is 0 Å². The quantitative estimate of drug-likeness (QED) is 0.313. The van der Waals surface area contributed by atoms with E-state index in [2.05, 4.69) is 91.0 Å². The average Bonchev–Trinajstić information content (AvgIpc) is 2.62. The monoisotopic (exact) mass is 530 g/mol. The van der Waals surface area contributed by atoms with Crippen LogP contribution in [0, 0.1) is 0 Å². The average molecular weight is 532 g/mol. The first-order valence-corrected chi connectivity index (χ1v) is 16.0. The minimum absolute atomic E-state index is 1.44. The van der Waals surface area contributed by atoms with Crippen molar-refractivity contribution in [2.45, 2.75) is 0 Å². The van der Waals surface area contributed by atoms with Gasteiger partial charge in [0.15, 0.2) is 0 Å². The van der Waals surface area contributed by atoms with Crippen LogP contribution in [-0.4, -0.2) is 40.4 Å². The van der Waals surface area contributed by atoms with Gasteiger partial charge in [0.1, 0.15) is 0 Å². The predicted octanol–water partition coefficient (Wildman–Crippen LogP) is 4.22. The molecule has 0 radical (unpaired) electrons. The van der Waals surface area contributed by atoms with E-state index in [1.165, 1.54) is 7.02 Å². The van der Waals surface area contributed by atoms with Gasteiger partial charge in [-0.15, -0.1) is 0 Å². The van der Waals surface area contributed by atoms with Crippen molar-refractivity contribution in [1.29, 1.82) is 0 Å². The van der Waals surface area contributed by atoms with E-state index in [0.717, 1.165) is 0 Å². The van der Waals surface area contributed by atoms with Crippen LogP contribution in [0.1, 0.15) is 0 Å². The molecule has 0 fully saturated rings. The molecule has 0 atom stereocenters. The van der Waals surface area contributed by atoms with E-state index < -0.39 is 40.4 Å². The summed E-state index contributed by atoms with van der Waals surface area (Å²) < 4.78 is 12.2. The number of allylic oxidation sites excluding steroid dienone is 8. The Kier molecular flexibility index (Phi) is 11.4. The van der Waals surface area contributed by atoms with Crippen LogP contribution in [0.4, 0.5) is 0 Å². The Balaban J connectivity index is 3.10. The maximum absolute atomic E-state index is 3.78. The summed E-state index contributed by atoms with van der Waals surface area (Å²) in [4.78, 5) is 0. The van der Waals surface area contributed by atoms with Crippen molar-refractivity contribution >= 4 is 47.4 Å². The van der Waals surface area contributed by atoms with Crippen LogP contribution in [-0.2, 0) is 0 Å². The molecule has 0 saturated carbocycles. The van der Waals surface area contributed by atoms with E-state index in [1.54, 1.807) is 0 Å². The molecule has 122 valence electrons. The molecule has 0 amide bonds. The zero-order valence-electron chi connectivity index (χ0n) is 14.0. The first-order valence-electron chi connectivity index (χ1n) is 7.60. The summed E-state index contributed by atoms with van der Waals surface area (Å²) in [6.07, 6.45) is 15.6. The molecule has 1 aromatic rings. The number of hydrogen-bond donors (Lipinski definition) is 0. The van der Waals surface area contributed by atoms with Gasteiger partial charge in [-0.1, -0.05) is 0 Å². The van der Waals surface area contributed by atoms with Crippen LogP contribution in [0.25, 0.3) is 0 Å². The summed E-state index contributed by atoms with van der Waals surface area (Å²) in [6.45, 7) is 15.1. The Morgan fingerprint density at radius 3 is 0.958 bits per heavy atom. The van der Waals surface area contributed by atoms with Gasteiger partial charge in [-0.3, -0.25) is 0 Å². The van der Waals surface area contributed by atoms with Gasteiger partial charge in [-0.25, -0.2) is 0 Å². The molecule has 0 aliphatic carbocycles. The molecule has 1 rings (SSSR count). The van der Waals surface area contributed by atoms with Gasteiger partial charge in [0.05, 0.1) is 0 Å². The van der Waals surface area contributed by atoms with Crippen LogP contribution < -0.4 is 7.02 Å². The number of rotatable bonds is 10. The summed E-state index contributed by atoms with van der Waals surface area (Å²) in [6, 6.07) is 9.17. The van der Waals surface area contributed by atoms with Gasteiger partial charge in [-0.2, -0.15) is 0 Å². The van der Waals surface area contributed by atoms with Crippen molar-refractivity contribution in [2.24, 2.45) is 0 Å². The van der Waals surface area contributed by atoms with E-state index >= 15 is 0 Å². The molecule has 0 saturated heterocycles. The Morgan fingerprint density at radius 1 is 0.500 bits per heavy atom. The topological polar surface area (TPSA) is 0 Å². The molecule has 0 bridgehead atoms. The van der Waals surface area contributed by atoms with Crippen LogP contribution in [0.3, 0.4) is 0 Å². The second-order valence-corrected chi connectivity index (χ2v) is 15.6. The predicted molar refractivity (Wildman–Crippen MR) is 115 cm³/mol. The third-order valence-corrected chi connectivity index (χ3v) is 13.7. The third-order valence-electron chi connectivity index (χ3n) is 2.98. The maximum atomic E-state index is 3.78. The Morgan fingerprint density at radius 2 is 0.750 bits per heavy atom. The van der Waals surface area contributed by atoms with Gasteiger partial charge in [-0.05, 0) is 0 Å². The molecule has 0 heterocycles. The van der Waals surface area contributed by atoms with Crippen LogP contribution >= 0.6 is 0 Å². The number of benzene rings is 1. The van der Waals surface area contributed by atoms with Gasteiger partial charge in [0.2, 0.25) is 0 Å². The van der Waals surface area contributed by atoms with E-state index in [9.17, 15) is 0 Å². The first-order chi connectivity index (χ1) is 11.8. The van der Waals surface area contributed by atoms with Crippen molar-refractivity contribution < 1.29 is 0 Å². The van der Waals surface area contributed by atoms with E-state index in [1.807, 2.05) is 24.3 Å². The zero-order chi connectivity index (χ0) is 17.6. The minimum atomic E-state index is -1.76. The molecule has 0 unspecified atom stereocenters. The Hall–Kier alpha value is -1.22. The molecule has 0 aliphatic rings. The van der Waals surface area contributed by atoms with Gasteiger partial charge >= 0.3 is 163 Å². The molecule has 2 heteroatoms. The fraction of sp³-hybridized carbons (Fsp3) is 0. The van der Waals surface area contributed by atoms with Crippen molar-refractivity contribution in [3.05, 3.63) is 115 Å². The molecule has 0 spiro atoms. The SMILES string of the molecule is C=CC=[CH][Sb]([CH]=CC=C)[c]1cc[c]([Sb]([CH]=CC=C)[CH]=CC=C)cc1. The second kappa shape index (κ2) is 13.1. The van der Waals surface area contributed by atoms with Gasteiger partial charge < -0.3 is 0 Å². The molecule has 1 aromatic carbocycles. The fourth-order valence-corrected chi connectivity index (χ4v) is 10.7. The van der Waals surface area contributed by atoms with Crippen LogP contribution in [0.5, 0.6) is 0 Å². The molecular weight excluding hydrogens is 508 g/mol. The Bertz CT molecular complexity index is 563. The summed E-state index contributed by atoms with van der Waals surface area (Å²) in [5.41, 5.74) is 0. The molecular formula is C22H24Sb2. The summed E-state index contributed by atoms with van der Waals surface area (Å²) in [7, 11) is 0. The third kappa shape index (κ3) is 7.56. The fourth-order valence-electron chi connectivity index (χ4n) is 1.85. The zero-order valence-corrected chi connectivity index (χ0v) is 19.1. The standard InChI is InChI=1S/C6H4.4C4H5.2Sb/c1-2-4-6-5-3-1;4*1-3-4-2;;/h1-2,5-6H;4*1,3-4H,2H2;;. The Labute approximate surface area is 161 Å². The van der Waals surface area contributed by atoms with E-state index in [0.29, 0.717) is 0 Å². The normalized spacial score (nSPS) is 12.1.